The van der Waals surface area contributed by atoms with Crippen molar-refractivity contribution in [1.82, 2.24) is 25.1 Å². The van der Waals surface area contributed by atoms with Crippen molar-refractivity contribution in [2.75, 3.05) is 31.1 Å². The minimum Gasteiger partial charge on any atom is -0.352 e. The summed E-state index contributed by atoms with van der Waals surface area (Å²) in [6.45, 7) is 7.87. The van der Waals surface area contributed by atoms with Crippen LogP contribution in [0.15, 0.2) is 35.3 Å². The second-order valence-corrected chi connectivity index (χ2v) is 8.26. The van der Waals surface area contributed by atoms with E-state index >= 15 is 0 Å². The number of hydrogen-bond donors (Lipinski definition) is 1. The van der Waals surface area contributed by atoms with E-state index in [2.05, 4.69) is 25.1 Å². The second kappa shape index (κ2) is 9.48. The number of aryl methyl sites for hydroxylation is 3. The Morgan fingerprint density at radius 1 is 1.15 bits per heavy atom. The lowest BCUT2D eigenvalue weighted by molar-refractivity contribution is 0.0741. The Balaban J connectivity index is 1.47. The third-order valence-corrected chi connectivity index (χ3v) is 5.88. The highest BCUT2D eigenvalue weighted by molar-refractivity contribution is 5.95. The van der Waals surface area contributed by atoms with Crippen molar-refractivity contribution in [3.63, 3.8) is 0 Å². The summed E-state index contributed by atoms with van der Waals surface area (Å²) in [7, 11) is 0. The maximum atomic E-state index is 14.6. The molecule has 3 aromatic rings. The second-order valence-electron chi connectivity index (χ2n) is 8.26. The first-order chi connectivity index (χ1) is 15.9. The van der Waals surface area contributed by atoms with Crippen molar-refractivity contribution in [3.8, 4) is 0 Å². The van der Waals surface area contributed by atoms with Crippen molar-refractivity contribution in [2.24, 2.45) is 0 Å². The fourth-order valence-electron chi connectivity index (χ4n) is 4.02. The van der Waals surface area contributed by atoms with Crippen LogP contribution in [0.2, 0.25) is 0 Å². The van der Waals surface area contributed by atoms with Crippen molar-refractivity contribution in [3.05, 3.63) is 80.4 Å². The van der Waals surface area contributed by atoms with E-state index in [0.717, 1.165) is 22.8 Å². The van der Waals surface area contributed by atoms with Crippen molar-refractivity contribution < 1.29 is 9.18 Å². The van der Waals surface area contributed by atoms with Crippen molar-refractivity contribution in [1.29, 1.82) is 0 Å². The van der Waals surface area contributed by atoms with Gasteiger partial charge in [-0.05, 0) is 44.0 Å². The number of nitrogens with one attached hydrogen (secondary N) is 1. The van der Waals surface area contributed by atoms with Crippen LogP contribution in [0, 0.1) is 19.7 Å². The summed E-state index contributed by atoms with van der Waals surface area (Å²) < 4.78 is 14.6. The zero-order valence-corrected chi connectivity index (χ0v) is 19.1. The van der Waals surface area contributed by atoms with E-state index in [4.69, 9.17) is 0 Å². The van der Waals surface area contributed by atoms with E-state index in [-0.39, 0.29) is 17.0 Å². The van der Waals surface area contributed by atoms with Gasteiger partial charge in [0.05, 0.1) is 22.6 Å². The average molecular weight is 451 g/mol. The fraction of sp³-hybridized carbons (Fsp3) is 0.375. The number of hydrogen-bond acceptors (Lipinski definition) is 6. The summed E-state index contributed by atoms with van der Waals surface area (Å²) in [5.41, 5.74) is 3.60. The van der Waals surface area contributed by atoms with Gasteiger partial charge < -0.3 is 9.80 Å². The molecule has 0 bridgehead atoms. The molecule has 172 valence electrons. The molecule has 1 saturated heterocycles. The van der Waals surface area contributed by atoms with Gasteiger partial charge in [-0.3, -0.25) is 14.6 Å². The lowest BCUT2D eigenvalue weighted by Crippen LogP contribution is -2.49. The molecule has 4 rings (SSSR count). The first-order valence-corrected chi connectivity index (χ1v) is 11.1. The lowest BCUT2D eigenvalue weighted by atomic mass is 10.0. The summed E-state index contributed by atoms with van der Waals surface area (Å²) >= 11 is 0. The van der Waals surface area contributed by atoms with Crippen LogP contribution < -0.4 is 10.5 Å². The molecule has 0 aliphatic carbocycles. The maximum absolute atomic E-state index is 14.6. The van der Waals surface area contributed by atoms with Crippen LogP contribution in [0.5, 0.6) is 0 Å². The Labute approximate surface area is 191 Å². The van der Waals surface area contributed by atoms with Crippen LogP contribution in [0.1, 0.15) is 45.5 Å². The van der Waals surface area contributed by atoms with E-state index in [1.165, 1.54) is 6.07 Å². The minimum atomic E-state index is -0.546. The zero-order valence-electron chi connectivity index (χ0n) is 19.1. The molecule has 33 heavy (non-hydrogen) atoms. The molecule has 1 fully saturated rings. The molecule has 0 atom stereocenters. The number of carbonyl (C=O) groups is 1. The lowest BCUT2D eigenvalue weighted by Gasteiger charge is -2.36. The molecule has 1 amide bonds. The quantitative estimate of drug-likeness (QED) is 0.642. The highest BCUT2D eigenvalue weighted by atomic mass is 19.1. The molecule has 1 N–H and O–H groups in total. The number of aromatic nitrogens is 4. The normalized spacial score (nSPS) is 13.9. The summed E-state index contributed by atoms with van der Waals surface area (Å²) in [5, 5.41) is 6.57. The number of nitrogens with zero attached hydrogens (tertiary/aromatic N) is 5. The van der Waals surface area contributed by atoms with Gasteiger partial charge in [-0.2, -0.15) is 5.10 Å². The molecule has 0 spiro atoms. The van der Waals surface area contributed by atoms with Gasteiger partial charge in [0, 0.05) is 44.4 Å². The largest absolute Gasteiger partial charge is 0.352 e. The van der Waals surface area contributed by atoms with E-state index in [1.54, 1.807) is 29.3 Å². The number of rotatable bonds is 5. The molecule has 1 aliphatic heterocycles. The number of amides is 1. The topological polar surface area (TPSA) is 95.1 Å². The van der Waals surface area contributed by atoms with Crippen LogP contribution in [0.3, 0.4) is 0 Å². The number of halogens is 1. The summed E-state index contributed by atoms with van der Waals surface area (Å²) in [6.07, 6.45) is 2.72. The predicted molar refractivity (Wildman–Crippen MR) is 123 cm³/mol. The molecule has 2 aromatic heterocycles. The minimum absolute atomic E-state index is 0.0487. The smallest absolute Gasteiger partial charge is 0.267 e. The molecular weight excluding hydrogens is 423 g/mol. The van der Waals surface area contributed by atoms with Gasteiger partial charge in [-0.1, -0.05) is 13.0 Å². The van der Waals surface area contributed by atoms with Gasteiger partial charge in [0.2, 0.25) is 0 Å². The number of H-pyrrole nitrogens is 1. The highest BCUT2D eigenvalue weighted by Gasteiger charge is 2.26. The van der Waals surface area contributed by atoms with E-state index in [0.29, 0.717) is 50.3 Å². The summed E-state index contributed by atoms with van der Waals surface area (Å²) in [5.74, 6) is -0.0462. The number of aromatic amines is 1. The monoisotopic (exact) mass is 450 g/mol. The Morgan fingerprint density at radius 3 is 2.64 bits per heavy atom. The van der Waals surface area contributed by atoms with Gasteiger partial charge >= 0.3 is 0 Å². The number of piperazine rings is 1. The first kappa shape index (κ1) is 22.6. The van der Waals surface area contributed by atoms with Crippen LogP contribution in [-0.2, 0) is 12.8 Å². The Kier molecular flexibility index (Phi) is 6.48. The molecule has 9 heteroatoms. The van der Waals surface area contributed by atoms with Crippen LogP contribution in [-0.4, -0.2) is 57.2 Å². The van der Waals surface area contributed by atoms with Crippen molar-refractivity contribution >= 4 is 11.7 Å². The van der Waals surface area contributed by atoms with Gasteiger partial charge in [0.1, 0.15) is 11.6 Å². The van der Waals surface area contributed by atoms with E-state index < -0.39 is 5.82 Å². The molecule has 1 aliphatic rings. The number of anilines is 1. The van der Waals surface area contributed by atoms with Crippen molar-refractivity contribution in [2.45, 2.75) is 33.6 Å². The van der Waals surface area contributed by atoms with Crippen LogP contribution in [0.25, 0.3) is 0 Å². The van der Waals surface area contributed by atoms with E-state index in [1.807, 2.05) is 20.8 Å². The molecule has 0 unspecified atom stereocenters. The predicted octanol–water partition coefficient (Wildman–Crippen LogP) is 2.43. The Bertz CT molecular complexity index is 1230. The molecular formula is C24H27FN6O2. The first-order valence-electron chi connectivity index (χ1n) is 11.1. The molecule has 0 saturated carbocycles. The SMILES string of the molecule is CCc1cc(Cc2ccc(F)c(C(=O)N3CCN(c4nc(C)cnc4C)CC3)c2)n[nH]c1=O. The van der Waals surface area contributed by atoms with E-state index in [9.17, 15) is 14.0 Å². The number of benzene rings is 1. The average Bonchev–Trinajstić information content (AvgIpc) is 2.82. The fourth-order valence-corrected chi connectivity index (χ4v) is 4.02. The van der Waals surface area contributed by atoms with Gasteiger partial charge in [-0.15, -0.1) is 0 Å². The molecule has 0 radical (unpaired) electrons. The molecule has 1 aromatic carbocycles. The highest BCUT2D eigenvalue weighted by Crippen LogP contribution is 2.20. The Hall–Kier alpha value is -3.62. The summed E-state index contributed by atoms with van der Waals surface area (Å²) in [6, 6.07) is 6.29. The summed E-state index contributed by atoms with van der Waals surface area (Å²) in [4.78, 5) is 37.6. The third kappa shape index (κ3) is 4.92. The molecule has 8 nitrogen and oxygen atoms in total. The number of carbonyl (C=O) groups excluding carboxylic acids is 1. The van der Waals surface area contributed by atoms with Crippen LogP contribution >= 0.6 is 0 Å². The zero-order chi connectivity index (χ0) is 23.5. The van der Waals surface area contributed by atoms with Gasteiger partial charge in [-0.25, -0.2) is 14.5 Å². The van der Waals surface area contributed by atoms with Crippen LogP contribution in [0.4, 0.5) is 10.2 Å². The maximum Gasteiger partial charge on any atom is 0.267 e. The van der Waals surface area contributed by atoms with Gasteiger partial charge in [0.15, 0.2) is 0 Å². The third-order valence-electron chi connectivity index (χ3n) is 5.88. The van der Waals surface area contributed by atoms with Gasteiger partial charge in [0.25, 0.3) is 11.5 Å². The Morgan fingerprint density at radius 2 is 1.91 bits per heavy atom. The molecule has 3 heterocycles. The standard InChI is InChI=1S/C24H27FN6O2/c1-4-18-13-19(28-29-23(18)32)11-17-5-6-21(25)20(12-17)24(33)31-9-7-30(8-10-31)22-16(3)26-14-15(2)27-22/h5-6,12-14H,4,7-11H2,1-3H3,(H,29,32).